The Morgan fingerprint density at radius 2 is 0.875 bits per heavy atom. The second-order valence-corrected chi connectivity index (χ2v) is 15.0. The number of aromatic nitrogens is 3. The summed E-state index contributed by atoms with van der Waals surface area (Å²) in [7, 11) is 0. The van der Waals surface area contributed by atoms with Crippen molar-refractivity contribution in [3.05, 3.63) is 188 Å². The van der Waals surface area contributed by atoms with Crippen molar-refractivity contribution in [1.29, 1.82) is 0 Å². The van der Waals surface area contributed by atoms with E-state index in [9.17, 15) is 0 Å². The van der Waals surface area contributed by atoms with Crippen LogP contribution in [0.5, 0.6) is 0 Å². The summed E-state index contributed by atoms with van der Waals surface area (Å²) in [6.07, 6.45) is 0. The molecular weight excluding hydrogens is 703 g/mol. The van der Waals surface area contributed by atoms with E-state index in [1.54, 1.807) is 0 Å². The average molecular weight is 734 g/mol. The van der Waals surface area contributed by atoms with Gasteiger partial charge in [-0.2, -0.15) is 0 Å². The van der Waals surface area contributed by atoms with Crippen LogP contribution in [0.4, 0.5) is 0 Å². The molecule has 0 aliphatic carbocycles. The van der Waals surface area contributed by atoms with Crippen molar-refractivity contribution in [2.75, 3.05) is 0 Å². The lowest BCUT2D eigenvalue weighted by Gasteiger charge is -2.12. The lowest BCUT2D eigenvalue weighted by atomic mass is 9.91. The fraction of sp³-hybridized carbons (Fsp3) is 0. The lowest BCUT2D eigenvalue weighted by molar-refractivity contribution is 0.669. The van der Waals surface area contributed by atoms with E-state index in [-0.39, 0.29) is 0 Å². The molecule has 0 radical (unpaired) electrons. The highest BCUT2D eigenvalue weighted by molar-refractivity contribution is 7.25. The molecule has 0 saturated heterocycles. The van der Waals surface area contributed by atoms with Crippen molar-refractivity contribution in [1.82, 2.24) is 15.0 Å². The molecule has 262 valence electrons. The Hall–Kier alpha value is -7.21. The third-order valence-electron chi connectivity index (χ3n) is 10.6. The van der Waals surface area contributed by atoms with Crippen LogP contribution in [-0.2, 0) is 0 Å². The van der Waals surface area contributed by atoms with Gasteiger partial charge >= 0.3 is 0 Å². The van der Waals surface area contributed by atoms with E-state index in [2.05, 4.69) is 115 Å². The fourth-order valence-electron chi connectivity index (χ4n) is 7.84. The van der Waals surface area contributed by atoms with Crippen LogP contribution in [0.3, 0.4) is 0 Å². The number of thiophene rings is 1. The summed E-state index contributed by atoms with van der Waals surface area (Å²) in [6, 6.07) is 65.8. The van der Waals surface area contributed by atoms with E-state index in [1.165, 1.54) is 48.0 Å². The van der Waals surface area contributed by atoms with Gasteiger partial charge in [0.05, 0.1) is 0 Å². The standard InChI is InChI=1S/C51H31N3OS/c1-3-12-33(13-4-1)49-52-50(34-14-5-2-6-15-34)54-51(53-49)35-24-22-32(23-25-35)36-26-28-40-43-30-37(27-29-46(43)56-47(40)31-36)38-16-7-8-17-39(38)41-19-11-21-45-48(41)42-18-9-10-20-44(42)55-45/h1-31H. The van der Waals surface area contributed by atoms with Gasteiger partial charge < -0.3 is 4.42 Å². The van der Waals surface area contributed by atoms with Crippen LogP contribution in [-0.4, -0.2) is 15.0 Å². The molecule has 0 saturated carbocycles. The molecule has 0 bridgehead atoms. The third-order valence-corrected chi connectivity index (χ3v) is 11.7. The van der Waals surface area contributed by atoms with Crippen LogP contribution in [0.25, 0.3) is 110 Å². The normalized spacial score (nSPS) is 11.6. The molecule has 0 aliphatic heterocycles. The van der Waals surface area contributed by atoms with Gasteiger partial charge in [0.1, 0.15) is 11.2 Å². The van der Waals surface area contributed by atoms with Crippen LogP contribution < -0.4 is 0 Å². The summed E-state index contributed by atoms with van der Waals surface area (Å²) in [4.78, 5) is 14.7. The second-order valence-electron chi connectivity index (χ2n) is 14.0. The van der Waals surface area contributed by atoms with Gasteiger partial charge in [0, 0.05) is 47.6 Å². The predicted octanol–water partition coefficient (Wildman–Crippen LogP) is 14.1. The van der Waals surface area contributed by atoms with E-state index < -0.39 is 0 Å². The monoisotopic (exact) mass is 733 g/mol. The number of para-hydroxylation sites is 1. The van der Waals surface area contributed by atoms with Crippen LogP contribution in [0.1, 0.15) is 0 Å². The lowest BCUT2D eigenvalue weighted by Crippen LogP contribution is -2.00. The minimum atomic E-state index is 0.649. The van der Waals surface area contributed by atoms with Crippen molar-refractivity contribution in [3.8, 4) is 67.5 Å². The van der Waals surface area contributed by atoms with Gasteiger partial charge in [-0.25, -0.2) is 15.0 Å². The molecule has 0 aliphatic rings. The predicted molar refractivity (Wildman–Crippen MR) is 233 cm³/mol. The molecule has 3 heterocycles. The number of benzene rings is 8. The first kappa shape index (κ1) is 32.2. The van der Waals surface area contributed by atoms with E-state index in [0.29, 0.717) is 17.5 Å². The van der Waals surface area contributed by atoms with Gasteiger partial charge in [-0.3, -0.25) is 0 Å². The SMILES string of the molecule is c1ccc(-c2nc(-c3ccccc3)nc(-c3ccc(-c4ccc5c(c4)sc4ccc(-c6ccccc6-c6cccc7oc8ccccc8c67)cc45)cc3)n2)cc1. The molecule has 0 amide bonds. The number of rotatable bonds is 6. The molecule has 8 aromatic carbocycles. The maximum absolute atomic E-state index is 6.26. The van der Waals surface area contributed by atoms with Gasteiger partial charge in [-0.1, -0.05) is 158 Å². The van der Waals surface area contributed by atoms with E-state index in [1.807, 2.05) is 84.1 Å². The molecule has 11 rings (SSSR count). The van der Waals surface area contributed by atoms with Crippen LogP contribution >= 0.6 is 11.3 Å². The van der Waals surface area contributed by atoms with Crippen LogP contribution in [0.2, 0.25) is 0 Å². The first-order valence-electron chi connectivity index (χ1n) is 18.7. The summed E-state index contributed by atoms with van der Waals surface area (Å²) in [5.74, 6) is 1.96. The van der Waals surface area contributed by atoms with Gasteiger partial charge in [-0.05, 0) is 63.7 Å². The van der Waals surface area contributed by atoms with Crippen molar-refractivity contribution < 1.29 is 4.42 Å². The Bertz CT molecular complexity index is 3180. The Morgan fingerprint density at radius 1 is 0.321 bits per heavy atom. The highest BCUT2D eigenvalue weighted by Crippen LogP contribution is 2.43. The van der Waals surface area contributed by atoms with Gasteiger partial charge in [0.25, 0.3) is 0 Å². The maximum Gasteiger partial charge on any atom is 0.164 e. The van der Waals surface area contributed by atoms with Crippen LogP contribution in [0, 0.1) is 0 Å². The smallest absolute Gasteiger partial charge is 0.164 e. The summed E-state index contributed by atoms with van der Waals surface area (Å²) >= 11 is 1.84. The van der Waals surface area contributed by atoms with E-state index >= 15 is 0 Å². The largest absolute Gasteiger partial charge is 0.456 e. The van der Waals surface area contributed by atoms with Crippen molar-refractivity contribution in [2.45, 2.75) is 0 Å². The zero-order chi connectivity index (χ0) is 37.0. The van der Waals surface area contributed by atoms with Crippen LogP contribution in [0.15, 0.2) is 192 Å². The minimum absolute atomic E-state index is 0.649. The quantitative estimate of drug-likeness (QED) is 0.171. The Kier molecular flexibility index (Phi) is 7.64. The molecule has 56 heavy (non-hydrogen) atoms. The topological polar surface area (TPSA) is 51.8 Å². The first-order chi connectivity index (χ1) is 27.7. The summed E-state index contributed by atoms with van der Waals surface area (Å²) in [5.41, 5.74) is 11.8. The molecule has 0 atom stereocenters. The first-order valence-corrected chi connectivity index (χ1v) is 19.5. The van der Waals surface area contributed by atoms with Crippen molar-refractivity contribution in [2.24, 2.45) is 0 Å². The number of fused-ring (bicyclic) bond motifs is 6. The number of furan rings is 1. The third kappa shape index (κ3) is 5.56. The van der Waals surface area contributed by atoms with Crippen molar-refractivity contribution >= 4 is 53.4 Å². The molecule has 0 N–H and O–H groups in total. The van der Waals surface area contributed by atoms with Gasteiger partial charge in [0.15, 0.2) is 17.5 Å². The van der Waals surface area contributed by atoms with Gasteiger partial charge in [-0.15, -0.1) is 11.3 Å². The molecular formula is C51H31N3OS. The molecule has 0 spiro atoms. The molecule has 0 fully saturated rings. The molecule has 0 unspecified atom stereocenters. The fourth-order valence-corrected chi connectivity index (χ4v) is 8.97. The maximum atomic E-state index is 6.26. The molecule has 4 nitrogen and oxygen atoms in total. The molecule has 11 aromatic rings. The number of hydrogen-bond acceptors (Lipinski definition) is 5. The Balaban J connectivity index is 0.946. The highest BCUT2D eigenvalue weighted by Gasteiger charge is 2.17. The summed E-state index contributed by atoms with van der Waals surface area (Å²) in [5, 5.41) is 4.82. The Labute approximate surface area is 327 Å². The second kappa shape index (κ2) is 13.3. The molecule has 5 heteroatoms. The average Bonchev–Trinajstić information content (AvgIpc) is 3.85. The Morgan fingerprint density at radius 3 is 1.61 bits per heavy atom. The number of hydrogen-bond donors (Lipinski definition) is 0. The summed E-state index contributed by atoms with van der Waals surface area (Å²) in [6.45, 7) is 0. The zero-order valence-electron chi connectivity index (χ0n) is 30.1. The highest BCUT2D eigenvalue weighted by atomic mass is 32.1. The molecule has 3 aromatic heterocycles. The van der Waals surface area contributed by atoms with Crippen molar-refractivity contribution in [3.63, 3.8) is 0 Å². The zero-order valence-corrected chi connectivity index (χ0v) is 30.9. The van der Waals surface area contributed by atoms with E-state index in [0.717, 1.165) is 44.2 Å². The van der Waals surface area contributed by atoms with Gasteiger partial charge in [0.2, 0.25) is 0 Å². The number of nitrogens with zero attached hydrogens (tertiary/aromatic N) is 3. The minimum Gasteiger partial charge on any atom is -0.456 e. The van der Waals surface area contributed by atoms with E-state index in [4.69, 9.17) is 19.4 Å². The summed E-state index contributed by atoms with van der Waals surface area (Å²) < 4.78 is 8.79.